The van der Waals surface area contributed by atoms with Gasteiger partial charge in [-0.3, -0.25) is 9.79 Å². The maximum Gasteiger partial charge on any atom is 0.310 e. The standard InChI is InChI=1S/C17H32N4O4S/c1-4-25-16(22)15-6-5-9-20(13-15)17(18-2)19-12-14-7-10-21(11-8-14)26(3,23)24/h14-15H,4-13H2,1-3H3,(H,18,19)/t15-/m0/s1. The molecule has 8 nitrogen and oxygen atoms in total. The first-order valence-corrected chi connectivity index (χ1v) is 11.3. The van der Waals surface area contributed by atoms with E-state index in [2.05, 4.69) is 15.2 Å². The summed E-state index contributed by atoms with van der Waals surface area (Å²) in [5.41, 5.74) is 0. The predicted octanol–water partition coefficient (Wildman–Crippen LogP) is 0.509. The number of aliphatic imine (C=N–C) groups is 1. The number of guanidine groups is 1. The number of hydrogen-bond acceptors (Lipinski definition) is 5. The van der Waals surface area contributed by atoms with Crippen LogP contribution < -0.4 is 5.32 Å². The zero-order chi connectivity index (χ0) is 19.2. The van der Waals surface area contributed by atoms with E-state index in [1.54, 1.807) is 11.4 Å². The molecule has 0 aromatic rings. The molecule has 150 valence electrons. The molecule has 2 rings (SSSR count). The van der Waals surface area contributed by atoms with Crippen LogP contribution in [0.15, 0.2) is 4.99 Å². The number of ether oxygens (including phenoxy) is 1. The topological polar surface area (TPSA) is 91.3 Å². The largest absolute Gasteiger partial charge is 0.466 e. The highest BCUT2D eigenvalue weighted by Gasteiger charge is 2.29. The van der Waals surface area contributed by atoms with Crippen LogP contribution in [0.5, 0.6) is 0 Å². The number of nitrogens with one attached hydrogen (secondary N) is 1. The lowest BCUT2D eigenvalue weighted by Crippen LogP contribution is -2.50. The number of piperidine rings is 2. The Morgan fingerprint density at radius 2 is 1.92 bits per heavy atom. The van der Waals surface area contributed by atoms with Crippen molar-refractivity contribution >= 4 is 22.0 Å². The molecule has 0 spiro atoms. The second kappa shape index (κ2) is 9.55. The summed E-state index contributed by atoms with van der Waals surface area (Å²) >= 11 is 0. The van der Waals surface area contributed by atoms with E-state index in [9.17, 15) is 13.2 Å². The Morgan fingerprint density at radius 1 is 1.23 bits per heavy atom. The Morgan fingerprint density at radius 3 is 2.50 bits per heavy atom. The summed E-state index contributed by atoms with van der Waals surface area (Å²) < 4.78 is 29.9. The van der Waals surface area contributed by atoms with Crippen LogP contribution in [0.3, 0.4) is 0 Å². The first kappa shape index (κ1) is 21.0. The molecular weight excluding hydrogens is 356 g/mol. The van der Waals surface area contributed by atoms with Gasteiger partial charge in [-0.15, -0.1) is 0 Å². The first-order chi connectivity index (χ1) is 12.3. The van der Waals surface area contributed by atoms with Gasteiger partial charge in [0.15, 0.2) is 5.96 Å². The number of likely N-dealkylation sites (tertiary alicyclic amines) is 1. The van der Waals surface area contributed by atoms with Gasteiger partial charge in [0.1, 0.15) is 0 Å². The van der Waals surface area contributed by atoms with Crippen LogP contribution in [0.4, 0.5) is 0 Å². The van der Waals surface area contributed by atoms with Gasteiger partial charge in [0, 0.05) is 39.8 Å². The zero-order valence-electron chi connectivity index (χ0n) is 16.1. The minimum absolute atomic E-state index is 0.0970. The molecule has 1 atom stereocenters. The molecule has 0 unspecified atom stereocenters. The molecule has 2 heterocycles. The lowest BCUT2D eigenvalue weighted by atomic mass is 9.97. The van der Waals surface area contributed by atoms with Crippen LogP contribution in [-0.4, -0.2) is 82.2 Å². The van der Waals surface area contributed by atoms with Gasteiger partial charge < -0.3 is 15.0 Å². The summed E-state index contributed by atoms with van der Waals surface area (Å²) in [5.74, 6) is 1.01. The van der Waals surface area contributed by atoms with Crippen LogP contribution in [0, 0.1) is 11.8 Å². The van der Waals surface area contributed by atoms with Gasteiger partial charge in [-0.1, -0.05) is 0 Å². The fourth-order valence-corrected chi connectivity index (χ4v) is 4.51. The van der Waals surface area contributed by atoms with Crippen molar-refractivity contribution in [1.29, 1.82) is 0 Å². The van der Waals surface area contributed by atoms with E-state index in [0.717, 1.165) is 44.7 Å². The Hall–Kier alpha value is -1.35. The highest BCUT2D eigenvalue weighted by molar-refractivity contribution is 7.88. The minimum atomic E-state index is -3.08. The van der Waals surface area contributed by atoms with Crippen LogP contribution in [0.1, 0.15) is 32.6 Å². The highest BCUT2D eigenvalue weighted by Crippen LogP contribution is 2.20. The molecule has 0 aliphatic carbocycles. The van der Waals surface area contributed by atoms with Crippen LogP contribution in [0.2, 0.25) is 0 Å². The summed E-state index contributed by atoms with van der Waals surface area (Å²) in [6.45, 7) is 5.68. The first-order valence-electron chi connectivity index (χ1n) is 9.42. The minimum Gasteiger partial charge on any atom is -0.466 e. The number of esters is 1. The van der Waals surface area contributed by atoms with E-state index in [0.29, 0.717) is 32.2 Å². The van der Waals surface area contributed by atoms with Gasteiger partial charge in [-0.25, -0.2) is 12.7 Å². The molecule has 2 aliphatic heterocycles. The third-order valence-electron chi connectivity index (χ3n) is 5.14. The van der Waals surface area contributed by atoms with E-state index in [-0.39, 0.29) is 11.9 Å². The maximum absolute atomic E-state index is 12.0. The van der Waals surface area contributed by atoms with Gasteiger partial charge >= 0.3 is 5.97 Å². The lowest BCUT2D eigenvalue weighted by Gasteiger charge is -2.35. The molecule has 0 radical (unpaired) electrons. The van der Waals surface area contributed by atoms with Crippen molar-refractivity contribution in [2.75, 3.05) is 52.6 Å². The molecule has 9 heteroatoms. The molecule has 0 amide bonds. The molecule has 2 fully saturated rings. The number of carbonyl (C=O) groups is 1. The number of hydrogen-bond donors (Lipinski definition) is 1. The lowest BCUT2D eigenvalue weighted by molar-refractivity contribution is -0.149. The summed E-state index contributed by atoms with van der Waals surface area (Å²) in [5, 5.41) is 3.41. The predicted molar refractivity (Wildman–Crippen MR) is 101 cm³/mol. The van der Waals surface area contributed by atoms with Gasteiger partial charge in [-0.2, -0.15) is 0 Å². The Bertz CT molecular complexity index is 600. The molecule has 0 saturated carbocycles. The Balaban J connectivity index is 1.82. The van der Waals surface area contributed by atoms with E-state index < -0.39 is 10.0 Å². The quantitative estimate of drug-likeness (QED) is 0.419. The number of nitrogens with zero attached hydrogens (tertiary/aromatic N) is 3. The highest BCUT2D eigenvalue weighted by atomic mass is 32.2. The fraction of sp³-hybridized carbons (Fsp3) is 0.882. The average Bonchev–Trinajstić information content (AvgIpc) is 2.62. The van der Waals surface area contributed by atoms with Gasteiger partial charge in [0.05, 0.1) is 18.8 Å². The normalized spacial score (nSPS) is 23.7. The number of carbonyl (C=O) groups excluding carboxylic acids is 1. The van der Waals surface area contributed by atoms with Crippen LogP contribution in [0.25, 0.3) is 0 Å². The van der Waals surface area contributed by atoms with Crippen molar-refractivity contribution in [1.82, 2.24) is 14.5 Å². The number of rotatable bonds is 5. The third-order valence-corrected chi connectivity index (χ3v) is 6.45. The van der Waals surface area contributed by atoms with Crippen molar-refractivity contribution in [3.8, 4) is 0 Å². The summed E-state index contributed by atoms with van der Waals surface area (Å²) in [6, 6.07) is 0. The summed E-state index contributed by atoms with van der Waals surface area (Å²) in [6.07, 6.45) is 4.77. The van der Waals surface area contributed by atoms with E-state index in [4.69, 9.17) is 4.74 Å². The molecule has 2 saturated heterocycles. The van der Waals surface area contributed by atoms with E-state index in [1.807, 2.05) is 6.92 Å². The van der Waals surface area contributed by atoms with E-state index >= 15 is 0 Å². The SMILES string of the molecule is CCOC(=O)[C@H]1CCCN(C(=NC)NCC2CCN(S(C)(=O)=O)CC2)C1. The Kier molecular flexibility index (Phi) is 7.69. The second-order valence-electron chi connectivity index (χ2n) is 7.07. The van der Waals surface area contributed by atoms with Gasteiger partial charge in [-0.05, 0) is 38.5 Å². The molecule has 26 heavy (non-hydrogen) atoms. The number of sulfonamides is 1. The molecule has 1 N–H and O–H groups in total. The van der Waals surface area contributed by atoms with Crippen LogP contribution >= 0.6 is 0 Å². The molecule has 0 bridgehead atoms. The molecule has 0 aromatic carbocycles. The van der Waals surface area contributed by atoms with Crippen LogP contribution in [-0.2, 0) is 19.6 Å². The second-order valence-corrected chi connectivity index (χ2v) is 9.05. The van der Waals surface area contributed by atoms with Crippen molar-refractivity contribution in [3.05, 3.63) is 0 Å². The van der Waals surface area contributed by atoms with Gasteiger partial charge in [0.25, 0.3) is 0 Å². The summed E-state index contributed by atoms with van der Waals surface area (Å²) in [7, 11) is -1.33. The third kappa shape index (κ3) is 5.84. The molecule has 0 aromatic heterocycles. The average molecular weight is 389 g/mol. The summed E-state index contributed by atoms with van der Waals surface area (Å²) in [4.78, 5) is 18.5. The smallest absolute Gasteiger partial charge is 0.310 e. The monoisotopic (exact) mass is 388 g/mol. The van der Waals surface area contributed by atoms with Crippen molar-refractivity contribution in [3.63, 3.8) is 0 Å². The maximum atomic E-state index is 12.0. The Labute approximate surface area is 157 Å². The van der Waals surface area contributed by atoms with Crippen molar-refractivity contribution in [2.24, 2.45) is 16.8 Å². The van der Waals surface area contributed by atoms with E-state index in [1.165, 1.54) is 6.26 Å². The molecular formula is C17H32N4O4S. The van der Waals surface area contributed by atoms with Crippen molar-refractivity contribution in [2.45, 2.75) is 32.6 Å². The zero-order valence-corrected chi connectivity index (χ0v) is 16.9. The van der Waals surface area contributed by atoms with Crippen molar-refractivity contribution < 1.29 is 17.9 Å². The molecule has 2 aliphatic rings. The van der Waals surface area contributed by atoms with Gasteiger partial charge in [0.2, 0.25) is 10.0 Å². The fourth-order valence-electron chi connectivity index (χ4n) is 3.63.